The highest BCUT2D eigenvalue weighted by atomic mass is 19.1. The van der Waals surface area contributed by atoms with Gasteiger partial charge in [0.15, 0.2) is 5.67 Å². The SMILES string of the molecule is C=CC(=O)N1CCC(F)(C(=O)N(C)C(C(=O)NC(Cc2cccc(-c3ccc4c(c3)c(CC(C)(C)COC=O)c(-c3cccnc3C(C)OC)n4CC)c2)C(=O)N2CCCCN2)C(C)C)CC1. The molecule has 2 fully saturated rings. The van der Waals surface area contributed by atoms with E-state index in [1.54, 1.807) is 32.2 Å². The van der Waals surface area contributed by atoms with Crippen molar-refractivity contribution in [2.45, 2.75) is 110 Å². The number of piperidine rings is 1. The first-order valence-electron chi connectivity index (χ1n) is 23.5. The molecule has 0 bridgehead atoms. The summed E-state index contributed by atoms with van der Waals surface area (Å²) in [6, 6.07) is 16.2. The molecular weight excluding hydrogens is 854 g/mol. The van der Waals surface area contributed by atoms with Crippen molar-refractivity contribution < 1.29 is 37.8 Å². The lowest BCUT2D eigenvalue weighted by Crippen LogP contribution is -2.61. The molecule has 2 aromatic heterocycles. The van der Waals surface area contributed by atoms with Gasteiger partial charge in [0.05, 0.1) is 24.1 Å². The fourth-order valence-electron chi connectivity index (χ4n) is 9.69. The third-order valence-electron chi connectivity index (χ3n) is 13.3. The average Bonchev–Trinajstić information content (AvgIpc) is 3.63. The molecule has 6 rings (SSSR count). The summed E-state index contributed by atoms with van der Waals surface area (Å²) in [6.45, 7) is 17.9. The molecule has 4 aromatic rings. The summed E-state index contributed by atoms with van der Waals surface area (Å²) in [7, 11) is 3.10. The first-order valence-corrected chi connectivity index (χ1v) is 23.5. The number of rotatable bonds is 19. The third kappa shape index (κ3) is 11.3. The van der Waals surface area contributed by atoms with Gasteiger partial charge in [-0.2, -0.15) is 0 Å². The molecule has 15 heteroatoms. The number of methoxy groups -OCH3 is 1. The number of aromatic nitrogens is 2. The van der Waals surface area contributed by atoms with Crippen molar-refractivity contribution in [3.63, 3.8) is 0 Å². The van der Waals surface area contributed by atoms with Crippen molar-refractivity contribution in [2.24, 2.45) is 11.3 Å². The monoisotopic (exact) mass is 922 g/mol. The Morgan fingerprint density at radius 2 is 1.76 bits per heavy atom. The Hall–Kier alpha value is -5.93. The summed E-state index contributed by atoms with van der Waals surface area (Å²) >= 11 is 0. The van der Waals surface area contributed by atoms with Crippen LogP contribution in [0.5, 0.6) is 0 Å². The van der Waals surface area contributed by atoms with Crippen LogP contribution in [-0.2, 0) is 52.8 Å². The Morgan fingerprint density at radius 3 is 2.40 bits per heavy atom. The lowest BCUT2D eigenvalue weighted by atomic mass is 9.84. The van der Waals surface area contributed by atoms with E-state index in [0.29, 0.717) is 32.5 Å². The molecule has 2 N–H and O–H groups in total. The standard InChI is InChI=1S/C52H68FN7O7/c1-10-44(62)58-26-21-52(53,22-27-58)50(65)57(8)46(34(3)4)48(63)56-42(49(64)60-25-13-12-24-55-60)29-36-16-14-17-37(28-36)38-19-20-43-40(30-38)41(31-51(6,7)32-67-33-61)47(59(43)11-2)39-18-15-23-54-45(39)35(5)66-9/h10,14-20,23,28,30,33-35,42,46,55H,1,11-13,21-22,24-27,29,31-32H2,2-9H3,(H,56,63). The van der Waals surface area contributed by atoms with Gasteiger partial charge in [0.25, 0.3) is 18.3 Å². The minimum Gasteiger partial charge on any atom is -0.467 e. The van der Waals surface area contributed by atoms with Crippen LogP contribution >= 0.6 is 0 Å². The van der Waals surface area contributed by atoms with Gasteiger partial charge < -0.3 is 29.2 Å². The number of likely N-dealkylation sites (N-methyl/N-ethyl adjacent to an activating group) is 1. The smallest absolute Gasteiger partial charge is 0.293 e. The van der Waals surface area contributed by atoms with Gasteiger partial charge >= 0.3 is 0 Å². The molecule has 2 saturated heterocycles. The molecule has 4 amide bonds. The van der Waals surface area contributed by atoms with Crippen LogP contribution in [0, 0.1) is 11.3 Å². The van der Waals surface area contributed by atoms with Crippen molar-refractivity contribution in [3.05, 3.63) is 90.3 Å². The van der Waals surface area contributed by atoms with E-state index < -0.39 is 40.9 Å². The fraction of sp³-hybridized carbons (Fsp3) is 0.500. The maximum absolute atomic E-state index is 16.4. The van der Waals surface area contributed by atoms with Crippen LogP contribution in [0.3, 0.4) is 0 Å². The minimum atomic E-state index is -2.26. The van der Waals surface area contributed by atoms with Crippen molar-refractivity contribution in [2.75, 3.05) is 46.9 Å². The quantitative estimate of drug-likeness (QED) is 0.0748. The minimum absolute atomic E-state index is 0.0516. The van der Waals surface area contributed by atoms with E-state index >= 15 is 4.39 Å². The number of benzene rings is 2. The van der Waals surface area contributed by atoms with Crippen LogP contribution in [0.15, 0.2) is 73.4 Å². The Morgan fingerprint density at radius 1 is 1.03 bits per heavy atom. The summed E-state index contributed by atoms with van der Waals surface area (Å²) in [5, 5.41) is 5.60. The van der Waals surface area contributed by atoms with Crippen LogP contribution in [-0.4, -0.2) is 119 Å². The van der Waals surface area contributed by atoms with Gasteiger partial charge in [-0.1, -0.05) is 64.6 Å². The number of ether oxygens (including phenoxy) is 2. The molecular formula is C52H68FN7O7. The van der Waals surface area contributed by atoms with Gasteiger partial charge in [-0.25, -0.2) is 9.82 Å². The average molecular weight is 922 g/mol. The van der Waals surface area contributed by atoms with Gasteiger partial charge in [0, 0.05) is 94.2 Å². The van der Waals surface area contributed by atoms with Crippen LogP contribution < -0.4 is 10.7 Å². The first kappa shape index (κ1) is 50.5. The van der Waals surface area contributed by atoms with Gasteiger partial charge in [0.2, 0.25) is 11.8 Å². The van der Waals surface area contributed by atoms with Gasteiger partial charge in [-0.05, 0) is 91.6 Å². The molecule has 2 aromatic carbocycles. The number of likely N-dealkylation sites (tertiary alicyclic amines) is 1. The number of aryl methyl sites for hydroxylation is 1. The zero-order chi connectivity index (χ0) is 48.6. The summed E-state index contributed by atoms with van der Waals surface area (Å²) < 4.78 is 29.8. The predicted octanol–water partition coefficient (Wildman–Crippen LogP) is 6.99. The number of alkyl halides is 1. The highest BCUT2D eigenvalue weighted by Crippen LogP contribution is 2.42. The second kappa shape index (κ2) is 21.8. The summed E-state index contributed by atoms with van der Waals surface area (Å²) in [5.74, 6) is -2.45. The van der Waals surface area contributed by atoms with Crippen molar-refractivity contribution in [3.8, 4) is 22.4 Å². The third-order valence-corrected chi connectivity index (χ3v) is 13.3. The number of hydrazine groups is 1. The zero-order valence-electron chi connectivity index (χ0n) is 40.4. The molecule has 360 valence electrons. The van der Waals surface area contributed by atoms with E-state index in [1.165, 1.54) is 18.0 Å². The molecule has 0 spiro atoms. The van der Waals surface area contributed by atoms with Crippen LogP contribution in [0.1, 0.15) is 90.2 Å². The Bertz CT molecular complexity index is 2440. The highest BCUT2D eigenvalue weighted by molar-refractivity contribution is 5.96. The first-order chi connectivity index (χ1) is 32.0. The molecule has 4 heterocycles. The number of amides is 4. The number of halogens is 1. The number of hydrogen-bond acceptors (Lipinski definition) is 9. The summed E-state index contributed by atoms with van der Waals surface area (Å²) in [6.07, 6.45) is 4.72. The van der Waals surface area contributed by atoms with Crippen LogP contribution in [0.2, 0.25) is 0 Å². The molecule has 0 radical (unpaired) electrons. The lowest BCUT2D eigenvalue weighted by molar-refractivity contribution is -0.154. The summed E-state index contributed by atoms with van der Waals surface area (Å²) in [4.78, 5) is 73.5. The number of fused-ring (bicyclic) bond motifs is 1. The second-order valence-electron chi connectivity index (χ2n) is 19.0. The number of carbonyl (C=O) groups is 5. The predicted molar refractivity (Wildman–Crippen MR) is 257 cm³/mol. The summed E-state index contributed by atoms with van der Waals surface area (Å²) in [5.41, 5.74) is 8.08. The maximum Gasteiger partial charge on any atom is 0.293 e. The second-order valence-corrected chi connectivity index (χ2v) is 19.0. The topological polar surface area (TPSA) is 155 Å². The molecule has 14 nitrogen and oxygen atoms in total. The largest absolute Gasteiger partial charge is 0.467 e. The Labute approximate surface area is 394 Å². The maximum atomic E-state index is 16.4. The molecule has 2 aliphatic heterocycles. The van der Waals surface area contributed by atoms with E-state index in [0.717, 1.165) is 67.8 Å². The van der Waals surface area contributed by atoms with E-state index in [2.05, 4.69) is 66.9 Å². The van der Waals surface area contributed by atoms with Gasteiger partial charge in [0.1, 0.15) is 12.1 Å². The Kier molecular flexibility index (Phi) is 16.4. The van der Waals surface area contributed by atoms with Crippen molar-refractivity contribution in [1.29, 1.82) is 0 Å². The molecule has 67 heavy (non-hydrogen) atoms. The number of hydrogen-bond donors (Lipinski definition) is 2. The molecule has 2 aliphatic rings. The lowest BCUT2D eigenvalue weighted by Gasteiger charge is -2.40. The Balaban J connectivity index is 1.35. The van der Waals surface area contributed by atoms with Crippen LogP contribution in [0.25, 0.3) is 33.3 Å². The van der Waals surface area contributed by atoms with Crippen molar-refractivity contribution >= 4 is 41.0 Å². The molecule has 3 unspecified atom stereocenters. The molecule has 0 aliphatic carbocycles. The number of nitrogens with one attached hydrogen (secondary N) is 2. The van der Waals surface area contributed by atoms with Gasteiger partial charge in [-0.15, -0.1) is 0 Å². The normalized spacial score (nSPS) is 16.6. The van der Waals surface area contributed by atoms with E-state index in [9.17, 15) is 24.0 Å². The van der Waals surface area contributed by atoms with E-state index in [1.807, 2.05) is 37.3 Å². The number of pyridine rings is 1. The molecule has 3 atom stereocenters. The van der Waals surface area contributed by atoms with Crippen LogP contribution in [0.4, 0.5) is 4.39 Å². The number of nitrogens with zero attached hydrogens (tertiary/aromatic N) is 5. The van der Waals surface area contributed by atoms with E-state index in [4.69, 9.17) is 14.5 Å². The van der Waals surface area contributed by atoms with Crippen molar-refractivity contribution in [1.82, 2.24) is 35.1 Å². The fourth-order valence-corrected chi connectivity index (χ4v) is 9.69. The zero-order valence-corrected chi connectivity index (χ0v) is 40.4. The highest BCUT2D eigenvalue weighted by Gasteiger charge is 2.47. The molecule has 0 saturated carbocycles. The van der Waals surface area contributed by atoms with Gasteiger partial charge in [-0.3, -0.25) is 34.0 Å². The number of carbonyl (C=O) groups excluding carboxylic acids is 5. The van der Waals surface area contributed by atoms with E-state index in [-0.39, 0.29) is 56.9 Å².